The third kappa shape index (κ3) is 4.96. The van der Waals surface area contributed by atoms with Crippen LogP contribution in [0, 0.1) is 11.8 Å². The highest BCUT2D eigenvalue weighted by Crippen LogP contribution is 2.39. The van der Waals surface area contributed by atoms with Gasteiger partial charge in [-0.25, -0.2) is 0 Å². The van der Waals surface area contributed by atoms with Crippen molar-refractivity contribution >= 4 is 0 Å². The fourth-order valence-corrected chi connectivity index (χ4v) is 4.43. The van der Waals surface area contributed by atoms with E-state index in [4.69, 9.17) is 4.74 Å². The standard InChI is InChI=1S/C19H37NO/c1-5-17-10-6-7-11-18(17)21-19(14-20-15(2)3)12-8-9-16(4)13-19/h15-18,20H,5-14H2,1-4H3. The fraction of sp³-hybridized carbons (Fsp3) is 1.00. The maximum absolute atomic E-state index is 6.88. The van der Waals surface area contributed by atoms with E-state index in [1.807, 2.05) is 0 Å². The summed E-state index contributed by atoms with van der Waals surface area (Å²) in [6, 6.07) is 0.552. The zero-order valence-corrected chi connectivity index (χ0v) is 14.8. The van der Waals surface area contributed by atoms with Crippen molar-refractivity contribution in [2.45, 2.75) is 103 Å². The summed E-state index contributed by atoms with van der Waals surface area (Å²) in [7, 11) is 0. The van der Waals surface area contributed by atoms with Gasteiger partial charge in [0.15, 0.2) is 0 Å². The summed E-state index contributed by atoms with van der Waals surface area (Å²) in [6.45, 7) is 10.3. The third-order valence-electron chi connectivity index (χ3n) is 5.65. The SMILES string of the molecule is CCC1CCCCC1OC1(CNC(C)C)CCCC(C)C1. The summed E-state index contributed by atoms with van der Waals surface area (Å²) in [6.07, 6.45) is 12.5. The normalized spacial score (nSPS) is 37.9. The van der Waals surface area contributed by atoms with Crippen LogP contribution in [0.2, 0.25) is 0 Å². The molecule has 0 spiro atoms. The largest absolute Gasteiger partial charge is 0.370 e. The Morgan fingerprint density at radius 1 is 1.14 bits per heavy atom. The van der Waals surface area contributed by atoms with Gasteiger partial charge in [-0.05, 0) is 37.5 Å². The van der Waals surface area contributed by atoms with E-state index in [1.165, 1.54) is 57.8 Å². The number of nitrogens with one attached hydrogen (secondary N) is 1. The molecule has 2 fully saturated rings. The first-order valence-corrected chi connectivity index (χ1v) is 9.46. The molecule has 0 saturated heterocycles. The maximum atomic E-state index is 6.88. The average molecular weight is 296 g/mol. The van der Waals surface area contributed by atoms with Crippen LogP contribution in [0.15, 0.2) is 0 Å². The van der Waals surface area contributed by atoms with Crippen molar-refractivity contribution in [3.8, 4) is 0 Å². The van der Waals surface area contributed by atoms with E-state index in [9.17, 15) is 0 Å². The molecule has 0 aromatic carbocycles. The van der Waals surface area contributed by atoms with E-state index in [-0.39, 0.29) is 5.60 Å². The molecular weight excluding hydrogens is 258 g/mol. The van der Waals surface area contributed by atoms with E-state index < -0.39 is 0 Å². The van der Waals surface area contributed by atoms with Gasteiger partial charge in [0.1, 0.15) is 0 Å². The van der Waals surface area contributed by atoms with Crippen LogP contribution in [-0.4, -0.2) is 24.3 Å². The van der Waals surface area contributed by atoms with E-state index in [0.717, 1.165) is 18.4 Å². The minimum absolute atomic E-state index is 0.108. The molecule has 124 valence electrons. The molecule has 0 aliphatic heterocycles. The second-order valence-electron chi connectivity index (χ2n) is 8.03. The highest BCUT2D eigenvalue weighted by Gasteiger charge is 2.39. The van der Waals surface area contributed by atoms with Crippen molar-refractivity contribution in [3.63, 3.8) is 0 Å². The molecule has 0 amide bonds. The monoisotopic (exact) mass is 295 g/mol. The van der Waals surface area contributed by atoms with Gasteiger partial charge in [0.05, 0.1) is 11.7 Å². The predicted octanol–water partition coefficient (Wildman–Crippen LogP) is 4.92. The molecule has 2 saturated carbocycles. The molecule has 1 N–H and O–H groups in total. The van der Waals surface area contributed by atoms with Gasteiger partial charge in [-0.1, -0.05) is 59.8 Å². The Morgan fingerprint density at radius 2 is 1.90 bits per heavy atom. The number of rotatable bonds is 6. The second-order valence-corrected chi connectivity index (χ2v) is 8.03. The molecule has 2 heteroatoms. The molecule has 2 nitrogen and oxygen atoms in total. The van der Waals surface area contributed by atoms with Gasteiger partial charge in [0.25, 0.3) is 0 Å². The minimum atomic E-state index is 0.108. The number of hydrogen-bond acceptors (Lipinski definition) is 2. The average Bonchev–Trinajstić information content (AvgIpc) is 2.46. The molecule has 4 atom stereocenters. The molecule has 4 unspecified atom stereocenters. The number of ether oxygens (including phenoxy) is 1. The van der Waals surface area contributed by atoms with E-state index >= 15 is 0 Å². The molecule has 2 rings (SSSR count). The molecule has 2 aliphatic rings. The Morgan fingerprint density at radius 3 is 2.57 bits per heavy atom. The predicted molar refractivity (Wildman–Crippen MR) is 90.6 cm³/mol. The van der Waals surface area contributed by atoms with Crippen molar-refractivity contribution in [1.82, 2.24) is 5.32 Å². The highest BCUT2D eigenvalue weighted by atomic mass is 16.5. The van der Waals surface area contributed by atoms with Crippen LogP contribution in [0.3, 0.4) is 0 Å². The topological polar surface area (TPSA) is 21.3 Å². The first-order valence-electron chi connectivity index (χ1n) is 9.46. The second kappa shape index (κ2) is 7.97. The van der Waals surface area contributed by atoms with Gasteiger partial charge in [0, 0.05) is 12.6 Å². The van der Waals surface area contributed by atoms with E-state index in [1.54, 1.807) is 0 Å². The summed E-state index contributed by atoms with van der Waals surface area (Å²) in [5.74, 6) is 1.61. The quantitative estimate of drug-likeness (QED) is 0.751. The molecule has 21 heavy (non-hydrogen) atoms. The molecule has 2 aliphatic carbocycles. The van der Waals surface area contributed by atoms with Crippen molar-refractivity contribution in [2.24, 2.45) is 11.8 Å². The lowest BCUT2D eigenvalue weighted by molar-refractivity contribution is -0.148. The van der Waals surface area contributed by atoms with Gasteiger partial charge < -0.3 is 10.1 Å². The van der Waals surface area contributed by atoms with Crippen LogP contribution in [-0.2, 0) is 4.74 Å². The molecule has 0 heterocycles. The molecule has 0 bridgehead atoms. The minimum Gasteiger partial charge on any atom is -0.370 e. The van der Waals surface area contributed by atoms with Crippen LogP contribution in [0.1, 0.15) is 85.5 Å². The summed E-state index contributed by atoms with van der Waals surface area (Å²) in [4.78, 5) is 0. The van der Waals surface area contributed by atoms with Gasteiger partial charge >= 0.3 is 0 Å². The Labute approximate surface area is 132 Å². The first-order chi connectivity index (χ1) is 10.0. The van der Waals surface area contributed by atoms with E-state index in [2.05, 4.69) is 33.0 Å². The molecule has 0 aromatic rings. The van der Waals surface area contributed by atoms with Crippen molar-refractivity contribution in [3.05, 3.63) is 0 Å². The van der Waals surface area contributed by atoms with Crippen LogP contribution >= 0.6 is 0 Å². The van der Waals surface area contributed by atoms with Gasteiger partial charge in [-0.15, -0.1) is 0 Å². The smallest absolute Gasteiger partial charge is 0.0812 e. The Balaban J connectivity index is 2.03. The van der Waals surface area contributed by atoms with Gasteiger partial charge in [0.2, 0.25) is 0 Å². The fourth-order valence-electron chi connectivity index (χ4n) is 4.43. The lowest BCUT2D eigenvalue weighted by Crippen LogP contribution is -2.51. The number of hydrogen-bond donors (Lipinski definition) is 1. The molecular formula is C19H37NO. The highest BCUT2D eigenvalue weighted by molar-refractivity contribution is 4.92. The van der Waals surface area contributed by atoms with Crippen molar-refractivity contribution < 1.29 is 4.74 Å². The lowest BCUT2D eigenvalue weighted by atomic mass is 9.77. The van der Waals surface area contributed by atoms with Gasteiger partial charge in [-0.2, -0.15) is 0 Å². The van der Waals surface area contributed by atoms with Crippen LogP contribution in [0.5, 0.6) is 0 Å². The van der Waals surface area contributed by atoms with Crippen LogP contribution < -0.4 is 5.32 Å². The van der Waals surface area contributed by atoms with Crippen molar-refractivity contribution in [1.29, 1.82) is 0 Å². The summed E-state index contributed by atoms with van der Waals surface area (Å²) in [5, 5.41) is 3.67. The Hall–Kier alpha value is -0.0800. The molecule has 0 radical (unpaired) electrons. The Bertz CT molecular complexity index is 304. The van der Waals surface area contributed by atoms with E-state index in [0.29, 0.717) is 12.1 Å². The zero-order chi connectivity index (χ0) is 15.3. The zero-order valence-electron chi connectivity index (χ0n) is 14.8. The Kier molecular flexibility index (Phi) is 6.55. The van der Waals surface area contributed by atoms with Crippen LogP contribution in [0.4, 0.5) is 0 Å². The first kappa shape index (κ1) is 17.3. The summed E-state index contributed by atoms with van der Waals surface area (Å²) in [5.41, 5.74) is 0.108. The van der Waals surface area contributed by atoms with Crippen molar-refractivity contribution in [2.75, 3.05) is 6.54 Å². The summed E-state index contributed by atoms with van der Waals surface area (Å²) < 4.78 is 6.88. The van der Waals surface area contributed by atoms with Crippen LogP contribution in [0.25, 0.3) is 0 Å². The third-order valence-corrected chi connectivity index (χ3v) is 5.65. The maximum Gasteiger partial charge on any atom is 0.0812 e. The molecule has 0 aromatic heterocycles. The lowest BCUT2D eigenvalue weighted by Gasteiger charge is -2.45. The summed E-state index contributed by atoms with van der Waals surface area (Å²) >= 11 is 0. The van der Waals surface area contributed by atoms with Gasteiger partial charge in [-0.3, -0.25) is 0 Å².